The van der Waals surface area contributed by atoms with Gasteiger partial charge in [-0.3, -0.25) is 4.98 Å². The van der Waals surface area contributed by atoms with E-state index in [1.165, 1.54) is 16.0 Å². The molecule has 0 bridgehead atoms. The minimum absolute atomic E-state index is 0.588. The number of hydrogen-bond acceptors (Lipinski definition) is 3. The van der Waals surface area contributed by atoms with Gasteiger partial charge in [0.2, 0.25) is 0 Å². The van der Waals surface area contributed by atoms with E-state index in [4.69, 9.17) is 16.6 Å². The SMILES string of the molecule is Cc1cccc2nc(CCCl)n(Cc3cncs3)c12. The number of aryl methyl sites for hydroxylation is 2. The number of nitrogens with zero attached hydrogens (tertiary/aromatic N) is 3. The summed E-state index contributed by atoms with van der Waals surface area (Å²) >= 11 is 7.56. The standard InChI is InChI=1S/C14H14ClN3S/c1-10-3-2-4-12-14(10)18(13(17-12)5-6-15)8-11-7-16-9-19-11/h2-4,7,9H,5-6,8H2,1H3. The van der Waals surface area contributed by atoms with Crippen LogP contribution in [-0.2, 0) is 13.0 Å². The molecule has 0 unspecified atom stereocenters. The Hall–Kier alpha value is -1.39. The van der Waals surface area contributed by atoms with E-state index in [1.807, 2.05) is 17.8 Å². The summed E-state index contributed by atoms with van der Waals surface area (Å²) in [7, 11) is 0. The summed E-state index contributed by atoms with van der Waals surface area (Å²) in [5.41, 5.74) is 5.36. The van der Waals surface area contributed by atoms with Gasteiger partial charge in [-0.2, -0.15) is 0 Å². The van der Waals surface area contributed by atoms with Crippen molar-refractivity contribution in [3.8, 4) is 0 Å². The van der Waals surface area contributed by atoms with Crippen LogP contribution in [0.2, 0.25) is 0 Å². The molecule has 0 fully saturated rings. The van der Waals surface area contributed by atoms with E-state index in [9.17, 15) is 0 Å². The van der Waals surface area contributed by atoms with Crippen molar-refractivity contribution in [1.82, 2.24) is 14.5 Å². The number of imidazole rings is 1. The maximum Gasteiger partial charge on any atom is 0.111 e. The molecule has 0 spiro atoms. The van der Waals surface area contributed by atoms with Gasteiger partial charge in [0.1, 0.15) is 5.82 Å². The Labute approximate surface area is 120 Å². The second-order valence-corrected chi connectivity index (χ2v) is 5.81. The first kappa shape index (κ1) is 12.6. The summed E-state index contributed by atoms with van der Waals surface area (Å²) in [6.45, 7) is 2.94. The third-order valence-electron chi connectivity index (χ3n) is 3.16. The third-order valence-corrected chi connectivity index (χ3v) is 4.12. The molecule has 0 saturated carbocycles. The number of halogens is 1. The average molecular weight is 292 g/mol. The van der Waals surface area contributed by atoms with Gasteiger partial charge in [0.25, 0.3) is 0 Å². The molecule has 1 aromatic carbocycles. The van der Waals surface area contributed by atoms with E-state index in [0.29, 0.717) is 5.88 Å². The van der Waals surface area contributed by atoms with Crippen molar-refractivity contribution in [2.45, 2.75) is 19.9 Å². The van der Waals surface area contributed by atoms with E-state index < -0.39 is 0 Å². The van der Waals surface area contributed by atoms with E-state index in [0.717, 1.165) is 24.3 Å². The lowest BCUT2D eigenvalue weighted by molar-refractivity contribution is 0.760. The molecule has 3 aromatic rings. The molecule has 98 valence electrons. The summed E-state index contributed by atoms with van der Waals surface area (Å²) in [6, 6.07) is 6.23. The molecule has 0 N–H and O–H groups in total. The van der Waals surface area contributed by atoms with Crippen LogP contribution in [0.25, 0.3) is 11.0 Å². The predicted molar refractivity (Wildman–Crippen MR) is 80.1 cm³/mol. The lowest BCUT2D eigenvalue weighted by Crippen LogP contribution is -2.05. The van der Waals surface area contributed by atoms with Crippen LogP contribution < -0.4 is 0 Å². The molecule has 0 radical (unpaired) electrons. The highest BCUT2D eigenvalue weighted by molar-refractivity contribution is 7.09. The Morgan fingerprint density at radius 3 is 3.00 bits per heavy atom. The van der Waals surface area contributed by atoms with Crippen LogP contribution in [0.1, 0.15) is 16.3 Å². The molecule has 3 rings (SSSR count). The van der Waals surface area contributed by atoms with Crippen LogP contribution in [0, 0.1) is 6.92 Å². The number of alkyl halides is 1. The van der Waals surface area contributed by atoms with Gasteiger partial charge in [-0.15, -0.1) is 22.9 Å². The van der Waals surface area contributed by atoms with Crippen LogP contribution >= 0.6 is 22.9 Å². The topological polar surface area (TPSA) is 30.7 Å². The number of hydrogen-bond donors (Lipinski definition) is 0. The second-order valence-electron chi connectivity index (χ2n) is 4.46. The predicted octanol–water partition coefficient (Wildman–Crippen LogP) is 3.63. The van der Waals surface area contributed by atoms with E-state index in [1.54, 1.807) is 11.3 Å². The van der Waals surface area contributed by atoms with Gasteiger partial charge < -0.3 is 4.57 Å². The molecule has 19 heavy (non-hydrogen) atoms. The van der Waals surface area contributed by atoms with Crippen LogP contribution in [-0.4, -0.2) is 20.4 Å². The Morgan fingerprint density at radius 1 is 1.37 bits per heavy atom. The van der Waals surface area contributed by atoms with Crippen LogP contribution in [0.5, 0.6) is 0 Å². The van der Waals surface area contributed by atoms with Gasteiger partial charge >= 0.3 is 0 Å². The highest BCUT2D eigenvalue weighted by Crippen LogP contribution is 2.22. The number of benzene rings is 1. The van der Waals surface area contributed by atoms with Crippen molar-refractivity contribution >= 4 is 34.0 Å². The molecule has 0 aliphatic rings. The normalized spacial score (nSPS) is 11.3. The Morgan fingerprint density at radius 2 is 2.26 bits per heavy atom. The first-order valence-corrected chi connectivity index (χ1v) is 7.59. The average Bonchev–Trinajstić information content (AvgIpc) is 3.00. The maximum atomic E-state index is 5.89. The molecule has 5 heteroatoms. The van der Waals surface area contributed by atoms with Crippen molar-refractivity contribution in [3.05, 3.63) is 46.2 Å². The number of thiazole rings is 1. The molecular formula is C14H14ClN3S. The first-order chi connectivity index (χ1) is 9.29. The van der Waals surface area contributed by atoms with Crippen LogP contribution in [0.3, 0.4) is 0 Å². The summed E-state index contributed by atoms with van der Waals surface area (Å²) in [5.74, 6) is 1.64. The fraction of sp³-hybridized carbons (Fsp3) is 0.286. The van der Waals surface area contributed by atoms with Crippen LogP contribution in [0.15, 0.2) is 29.9 Å². The zero-order valence-electron chi connectivity index (χ0n) is 10.6. The highest BCUT2D eigenvalue weighted by Gasteiger charge is 2.12. The largest absolute Gasteiger partial charge is 0.322 e. The van der Waals surface area contributed by atoms with Crippen molar-refractivity contribution < 1.29 is 0 Å². The summed E-state index contributed by atoms with van der Waals surface area (Å²) in [6.07, 6.45) is 2.70. The minimum Gasteiger partial charge on any atom is -0.322 e. The van der Waals surface area contributed by atoms with E-state index in [2.05, 4.69) is 28.6 Å². The van der Waals surface area contributed by atoms with Gasteiger partial charge in [-0.05, 0) is 18.6 Å². The molecule has 0 aliphatic carbocycles. The van der Waals surface area contributed by atoms with Crippen LogP contribution in [0.4, 0.5) is 0 Å². The Balaban J connectivity index is 2.15. The smallest absolute Gasteiger partial charge is 0.111 e. The summed E-state index contributed by atoms with van der Waals surface area (Å²) in [4.78, 5) is 10.1. The number of para-hydroxylation sites is 1. The van der Waals surface area contributed by atoms with Gasteiger partial charge in [-0.1, -0.05) is 12.1 Å². The van der Waals surface area contributed by atoms with Gasteiger partial charge in [0.15, 0.2) is 0 Å². The monoisotopic (exact) mass is 291 g/mol. The number of aromatic nitrogens is 3. The molecular weight excluding hydrogens is 278 g/mol. The zero-order valence-corrected chi connectivity index (χ0v) is 12.2. The summed E-state index contributed by atoms with van der Waals surface area (Å²) in [5, 5.41) is 0. The molecule has 2 heterocycles. The van der Waals surface area contributed by atoms with Crippen molar-refractivity contribution in [1.29, 1.82) is 0 Å². The fourth-order valence-corrected chi connectivity index (χ4v) is 3.09. The van der Waals surface area contributed by atoms with E-state index in [-0.39, 0.29) is 0 Å². The molecule has 3 nitrogen and oxygen atoms in total. The lowest BCUT2D eigenvalue weighted by Gasteiger charge is -2.08. The molecule has 2 aromatic heterocycles. The number of fused-ring (bicyclic) bond motifs is 1. The van der Waals surface area contributed by atoms with Gasteiger partial charge in [0.05, 0.1) is 23.1 Å². The van der Waals surface area contributed by atoms with Crippen molar-refractivity contribution in [2.24, 2.45) is 0 Å². The second kappa shape index (κ2) is 5.31. The Kier molecular flexibility index (Phi) is 3.53. The lowest BCUT2D eigenvalue weighted by atomic mass is 10.2. The van der Waals surface area contributed by atoms with E-state index >= 15 is 0 Å². The molecule has 0 aliphatic heterocycles. The molecule has 0 amide bonds. The molecule has 0 atom stereocenters. The molecule has 0 saturated heterocycles. The van der Waals surface area contributed by atoms with Gasteiger partial charge in [0, 0.05) is 23.4 Å². The minimum atomic E-state index is 0.588. The highest BCUT2D eigenvalue weighted by atomic mass is 35.5. The maximum absolute atomic E-state index is 5.89. The number of rotatable bonds is 4. The fourth-order valence-electron chi connectivity index (χ4n) is 2.34. The van der Waals surface area contributed by atoms with Gasteiger partial charge in [-0.25, -0.2) is 4.98 Å². The van der Waals surface area contributed by atoms with Crippen molar-refractivity contribution in [2.75, 3.05) is 5.88 Å². The summed E-state index contributed by atoms with van der Waals surface area (Å²) < 4.78 is 2.26. The zero-order chi connectivity index (χ0) is 13.2. The third kappa shape index (κ3) is 2.38. The first-order valence-electron chi connectivity index (χ1n) is 6.17. The Bertz CT molecular complexity index is 688. The van der Waals surface area contributed by atoms with Crippen molar-refractivity contribution in [3.63, 3.8) is 0 Å². The quantitative estimate of drug-likeness (QED) is 0.687.